The molecule has 8 rings (SSSR count). The molecule has 0 radical (unpaired) electrons. The number of hydrogen-bond acceptors (Lipinski definition) is 14. The van der Waals surface area contributed by atoms with Crippen molar-refractivity contribution in [3.8, 4) is 23.0 Å². The Labute approximate surface area is 336 Å². The Morgan fingerprint density at radius 1 is 0.607 bits per heavy atom. The summed E-state index contributed by atoms with van der Waals surface area (Å²) in [4.78, 5) is 43.6. The van der Waals surface area contributed by atoms with E-state index in [2.05, 4.69) is 78.3 Å². The number of rotatable bonds is 10. The second-order valence-electron chi connectivity index (χ2n) is 13.9. The molecule has 2 fully saturated rings. The lowest BCUT2D eigenvalue weighted by molar-refractivity contribution is 0.0951. The predicted octanol–water partition coefficient (Wildman–Crippen LogP) is 5.09. The Balaban J connectivity index is 0.000000172. The van der Waals surface area contributed by atoms with E-state index >= 15 is 0 Å². The molecule has 2 atom stereocenters. The van der Waals surface area contributed by atoms with E-state index in [1.54, 1.807) is 12.4 Å². The number of carbonyl (C=O) groups is 2. The van der Waals surface area contributed by atoms with Crippen molar-refractivity contribution >= 4 is 44.8 Å². The quantitative estimate of drug-likeness (QED) is 0.221. The number of piperazine rings is 2. The van der Waals surface area contributed by atoms with Crippen LogP contribution in [0.25, 0.3) is 0 Å². The first kappa shape index (κ1) is 39.6. The summed E-state index contributed by atoms with van der Waals surface area (Å²) in [6.07, 6.45) is 3.35. The number of amides is 2. The molecule has 4 aliphatic heterocycles. The van der Waals surface area contributed by atoms with Crippen LogP contribution in [0.1, 0.15) is 70.2 Å². The highest BCUT2D eigenvalue weighted by molar-refractivity contribution is 7.17. The van der Waals surface area contributed by atoms with Crippen molar-refractivity contribution in [2.45, 2.75) is 39.8 Å². The Hall–Kier alpha value is -4.64. The van der Waals surface area contributed by atoms with Crippen LogP contribution in [0.15, 0.2) is 48.8 Å². The molecule has 0 unspecified atom stereocenters. The van der Waals surface area contributed by atoms with Crippen LogP contribution in [0.2, 0.25) is 0 Å². The van der Waals surface area contributed by atoms with Crippen LogP contribution in [0, 0.1) is 0 Å². The summed E-state index contributed by atoms with van der Waals surface area (Å²) >= 11 is 2.93. The highest BCUT2D eigenvalue weighted by atomic mass is 32.1. The number of anilines is 2. The zero-order chi connectivity index (χ0) is 39.0. The molecule has 2 aromatic carbocycles. The fourth-order valence-electron chi connectivity index (χ4n) is 7.19. The summed E-state index contributed by atoms with van der Waals surface area (Å²) in [7, 11) is 0. The van der Waals surface area contributed by atoms with Crippen LogP contribution in [0.3, 0.4) is 0 Å². The SMILES string of the molecule is CCNC(=O)c1cnc(N2CCN([C@@H](C)c3ccc4c(c3)OCCO4)CC2)s1.CCNC(=O)c1cnc(N2CCN([C@H](C)c3ccc4c(c3)OCCO4)CC2)s1. The summed E-state index contributed by atoms with van der Waals surface area (Å²) in [5.41, 5.74) is 2.48. The van der Waals surface area contributed by atoms with E-state index in [1.165, 1.54) is 33.8 Å². The molecule has 2 saturated heterocycles. The van der Waals surface area contributed by atoms with Crippen LogP contribution in [-0.2, 0) is 0 Å². The average molecular weight is 805 g/mol. The number of benzene rings is 2. The molecule has 2 N–H and O–H groups in total. The highest BCUT2D eigenvalue weighted by Crippen LogP contribution is 2.36. The molecule has 56 heavy (non-hydrogen) atoms. The van der Waals surface area contributed by atoms with Crippen LogP contribution in [0.4, 0.5) is 10.3 Å². The number of nitrogens with one attached hydrogen (secondary N) is 2. The molecule has 4 aromatic rings. The molecule has 2 aromatic heterocycles. The number of thiazole rings is 2. The molecule has 16 heteroatoms. The summed E-state index contributed by atoms with van der Waals surface area (Å²) < 4.78 is 22.7. The molecule has 0 saturated carbocycles. The van der Waals surface area contributed by atoms with Gasteiger partial charge in [-0.3, -0.25) is 19.4 Å². The molecule has 300 valence electrons. The van der Waals surface area contributed by atoms with Gasteiger partial charge in [0.25, 0.3) is 11.8 Å². The number of fused-ring (bicyclic) bond motifs is 2. The van der Waals surface area contributed by atoms with Gasteiger partial charge in [0, 0.05) is 77.5 Å². The van der Waals surface area contributed by atoms with Crippen molar-refractivity contribution in [3.05, 3.63) is 69.7 Å². The Kier molecular flexibility index (Phi) is 13.1. The van der Waals surface area contributed by atoms with Crippen LogP contribution < -0.4 is 39.4 Å². The Bertz CT molecular complexity index is 1800. The standard InChI is InChI=1S/2C20H26N4O3S/c2*1-3-21-19(25)18-13-22-20(28-18)24-8-6-23(7-9-24)14(2)15-4-5-16-17(12-15)27-11-10-26-16/h2*4-5,12-14H,3,6-11H2,1-2H3,(H,21,25)/t2*14-/m10/s1. The normalized spacial score (nSPS) is 18.0. The van der Waals surface area contributed by atoms with Gasteiger partial charge >= 0.3 is 0 Å². The first-order valence-corrected chi connectivity index (χ1v) is 21.2. The number of hydrogen-bond donors (Lipinski definition) is 2. The minimum Gasteiger partial charge on any atom is -0.486 e. The lowest BCUT2D eigenvalue weighted by Crippen LogP contribution is -2.47. The van der Waals surface area contributed by atoms with Crippen molar-refractivity contribution in [2.24, 2.45) is 0 Å². The van der Waals surface area contributed by atoms with Crippen molar-refractivity contribution < 1.29 is 28.5 Å². The molecule has 6 heterocycles. The smallest absolute Gasteiger partial charge is 0.263 e. The van der Waals surface area contributed by atoms with Gasteiger partial charge in [0.15, 0.2) is 33.3 Å². The molecular formula is C40H52N8O6S2. The van der Waals surface area contributed by atoms with E-state index < -0.39 is 0 Å². The van der Waals surface area contributed by atoms with E-state index in [-0.39, 0.29) is 11.8 Å². The van der Waals surface area contributed by atoms with Crippen molar-refractivity contribution in [1.82, 2.24) is 30.4 Å². The third-order valence-electron chi connectivity index (χ3n) is 10.5. The van der Waals surface area contributed by atoms with E-state index in [0.29, 0.717) is 61.4 Å². The fraction of sp³-hybridized carbons (Fsp3) is 0.500. The van der Waals surface area contributed by atoms with E-state index in [0.717, 1.165) is 85.6 Å². The maximum atomic E-state index is 12.0. The molecule has 0 aliphatic carbocycles. The molecule has 14 nitrogen and oxygen atoms in total. The number of carbonyl (C=O) groups excluding carboxylic acids is 2. The average Bonchev–Trinajstić information content (AvgIpc) is 3.95. The number of nitrogens with zero attached hydrogens (tertiary/aromatic N) is 6. The predicted molar refractivity (Wildman–Crippen MR) is 220 cm³/mol. The van der Waals surface area contributed by atoms with Gasteiger partial charge in [-0.05, 0) is 63.1 Å². The zero-order valence-corrected chi connectivity index (χ0v) is 34.3. The second-order valence-corrected chi connectivity index (χ2v) is 16.0. The minimum atomic E-state index is -0.0443. The zero-order valence-electron chi connectivity index (χ0n) is 32.6. The lowest BCUT2D eigenvalue weighted by Gasteiger charge is -2.38. The van der Waals surface area contributed by atoms with E-state index in [1.807, 2.05) is 26.0 Å². The Morgan fingerprint density at radius 3 is 1.36 bits per heavy atom. The third-order valence-corrected chi connectivity index (χ3v) is 12.6. The maximum absolute atomic E-state index is 12.0. The van der Waals surface area contributed by atoms with Gasteiger partial charge in [-0.2, -0.15) is 0 Å². The van der Waals surface area contributed by atoms with Gasteiger partial charge in [0.1, 0.15) is 36.2 Å². The number of ether oxygens (including phenoxy) is 4. The van der Waals surface area contributed by atoms with Crippen molar-refractivity contribution in [1.29, 1.82) is 0 Å². The summed E-state index contributed by atoms with van der Waals surface area (Å²) in [6.45, 7) is 19.4. The summed E-state index contributed by atoms with van der Waals surface area (Å²) in [6, 6.07) is 13.1. The molecule has 0 bridgehead atoms. The number of aromatic nitrogens is 2. The molecular weight excluding hydrogens is 753 g/mol. The van der Waals surface area contributed by atoms with Crippen LogP contribution in [0.5, 0.6) is 23.0 Å². The van der Waals surface area contributed by atoms with Crippen molar-refractivity contribution in [3.63, 3.8) is 0 Å². The third kappa shape index (κ3) is 9.31. The van der Waals surface area contributed by atoms with Gasteiger partial charge < -0.3 is 39.4 Å². The highest BCUT2D eigenvalue weighted by Gasteiger charge is 2.27. The summed E-state index contributed by atoms with van der Waals surface area (Å²) in [5, 5.41) is 7.50. The topological polar surface area (TPSA) is 134 Å². The van der Waals surface area contributed by atoms with Crippen LogP contribution in [-0.4, -0.2) is 123 Å². The first-order valence-electron chi connectivity index (χ1n) is 19.6. The fourth-order valence-corrected chi connectivity index (χ4v) is 8.96. The van der Waals surface area contributed by atoms with Gasteiger partial charge in [0.2, 0.25) is 0 Å². The first-order chi connectivity index (χ1) is 27.3. The molecule has 2 amide bonds. The van der Waals surface area contributed by atoms with Crippen LogP contribution >= 0.6 is 22.7 Å². The van der Waals surface area contributed by atoms with Crippen molar-refractivity contribution in [2.75, 3.05) is 102 Å². The van der Waals surface area contributed by atoms with Gasteiger partial charge in [-0.1, -0.05) is 34.8 Å². The lowest BCUT2D eigenvalue weighted by atomic mass is 10.1. The molecule has 0 spiro atoms. The van der Waals surface area contributed by atoms with Gasteiger partial charge in [0.05, 0.1) is 12.4 Å². The van der Waals surface area contributed by atoms with Gasteiger partial charge in [-0.25, -0.2) is 9.97 Å². The minimum absolute atomic E-state index is 0.0443. The maximum Gasteiger partial charge on any atom is 0.263 e. The van der Waals surface area contributed by atoms with Gasteiger partial charge in [-0.15, -0.1) is 0 Å². The molecule has 4 aliphatic rings. The van der Waals surface area contributed by atoms with E-state index in [9.17, 15) is 9.59 Å². The summed E-state index contributed by atoms with van der Waals surface area (Å²) in [5.74, 6) is 3.26. The monoisotopic (exact) mass is 804 g/mol. The Morgan fingerprint density at radius 2 is 0.982 bits per heavy atom. The second kappa shape index (κ2) is 18.5. The van der Waals surface area contributed by atoms with E-state index in [4.69, 9.17) is 18.9 Å². The largest absolute Gasteiger partial charge is 0.486 e.